The average Bonchev–Trinajstić information content (AvgIpc) is 2.68. The van der Waals surface area contributed by atoms with Gasteiger partial charge in [-0.1, -0.05) is 95.2 Å². The molecule has 0 atom stereocenters. The maximum absolute atomic E-state index is 11.0. The van der Waals surface area contributed by atoms with E-state index in [4.69, 9.17) is 9.84 Å². The first-order chi connectivity index (χ1) is 12.9. The fourth-order valence-corrected chi connectivity index (χ4v) is 1.76. The van der Waals surface area contributed by atoms with Gasteiger partial charge < -0.3 is 9.84 Å². The minimum atomic E-state index is -0.981. The second kappa shape index (κ2) is 19.7. The molecule has 4 nitrogen and oxygen atoms in total. The molecule has 0 aliphatic heterocycles. The zero-order valence-electron chi connectivity index (χ0n) is 16.8. The molecule has 0 spiro atoms. The lowest BCUT2D eigenvalue weighted by Gasteiger charge is -2.03. The molecule has 1 N–H and O–H groups in total. The van der Waals surface area contributed by atoms with Gasteiger partial charge in [-0.05, 0) is 18.9 Å². The summed E-state index contributed by atoms with van der Waals surface area (Å²) < 4.78 is 4.97. The number of esters is 1. The molecule has 0 aliphatic carbocycles. The molecule has 0 saturated carbocycles. The normalized spacial score (nSPS) is 8.81. The van der Waals surface area contributed by atoms with Crippen molar-refractivity contribution < 1.29 is 19.4 Å². The lowest BCUT2D eigenvalue weighted by molar-refractivity contribution is -0.139. The van der Waals surface area contributed by atoms with Crippen LogP contribution < -0.4 is 0 Å². The number of hydrogen-bond acceptors (Lipinski definition) is 3. The Morgan fingerprint density at radius 1 is 1.04 bits per heavy atom. The van der Waals surface area contributed by atoms with E-state index in [9.17, 15) is 9.59 Å². The number of unbranched alkanes of at least 4 members (excludes halogenated alkanes) is 5. The molecule has 1 aromatic rings. The number of benzene rings is 1. The van der Waals surface area contributed by atoms with Gasteiger partial charge in [-0.2, -0.15) is 0 Å². The van der Waals surface area contributed by atoms with Crippen molar-refractivity contribution in [3.63, 3.8) is 0 Å². The monoisotopic (exact) mass is 374 g/mol. The highest BCUT2D eigenvalue weighted by atomic mass is 16.5. The Balaban J connectivity index is 0. The van der Waals surface area contributed by atoms with Crippen molar-refractivity contribution in [1.29, 1.82) is 0 Å². The quantitative estimate of drug-likeness (QED) is 0.307. The molecular formula is C23H34O4. The number of aliphatic carboxylic acids is 1. The maximum Gasteiger partial charge on any atom is 0.333 e. The first-order valence-corrected chi connectivity index (χ1v) is 9.24. The Kier molecular flexibility index (Phi) is 19.4. The van der Waals surface area contributed by atoms with Gasteiger partial charge >= 0.3 is 11.9 Å². The predicted molar refractivity (Wildman–Crippen MR) is 114 cm³/mol. The van der Waals surface area contributed by atoms with Crippen LogP contribution in [0.3, 0.4) is 0 Å². The van der Waals surface area contributed by atoms with E-state index in [-0.39, 0.29) is 5.97 Å². The zero-order chi connectivity index (χ0) is 20.9. The van der Waals surface area contributed by atoms with Crippen LogP contribution in [0, 0.1) is 0 Å². The van der Waals surface area contributed by atoms with Gasteiger partial charge in [0, 0.05) is 11.6 Å². The van der Waals surface area contributed by atoms with E-state index in [0.29, 0.717) is 12.2 Å². The van der Waals surface area contributed by atoms with Crippen molar-refractivity contribution in [2.75, 3.05) is 6.61 Å². The van der Waals surface area contributed by atoms with Gasteiger partial charge in [-0.3, -0.25) is 0 Å². The minimum absolute atomic E-state index is 0.265. The zero-order valence-corrected chi connectivity index (χ0v) is 16.8. The first kappa shape index (κ1) is 26.6. The highest BCUT2D eigenvalue weighted by Gasteiger charge is 2.01. The van der Waals surface area contributed by atoms with Crippen molar-refractivity contribution >= 4 is 18.0 Å². The van der Waals surface area contributed by atoms with E-state index >= 15 is 0 Å². The number of carboxylic acid groups (broad SMARTS) is 1. The number of ether oxygens (including phenoxy) is 1. The summed E-state index contributed by atoms with van der Waals surface area (Å²) in [4.78, 5) is 20.2. The predicted octanol–water partition coefficient (Wildman–Crippen LogP) is 6.05. The van der Waals surface area contributed by atoms with Crippen LogP contribution in [-0.2, 0) is 14.3 Å². The molecule has 0 unspecified atom stereocenters. The topological polar surface area (TPSA) is 63.6 Å². The van der Waals surface area contributed by atoms with E-state index in [0.717, 1.165) is 18.9 Å². The van der Waals surface area contributed by atoms with Gasteiger partial charge in [0.1, 0.15) is 0 Å². The SMILES string of the molecule is C=C(C)C(=O)OCCCCCCCC.C=CC(=O)O.C=Cc1ccccc1. The lowest BCUT2D eigenvalue weighted by Crippen LogP contribution is -2.05. The van der Waals surface area contributed by atoms with E-state index in [2.05, 4.69) is 26.7 Å². The Labute approximate surface area is 164 Å². The lowest BCUT2D eigenvalue weighted by atomic mass is 10.1. The largest absolute Gasteiger partial charge is 0.478 e. The summed E-state index contributed by atoms with van der Waals surface area (Å²) in [5, 5.41) is 7.60. The van der Waals surface area contributed by atoms with Crippen LogP contribution in [0.25, 0.3) is 6.08 Å². The highest BCUT2D eigenvalue weighted by Crippen LogP contribution is 2.05. The van der Waals surface area contributed by atoms with Crippen molar-refractivity contribution in [2.24, 2.45) is 0 Å². The number of rotatable bonds is 10. The minimum Gasteiger partial charge on any atom is -0.478 e. The van der Waals surface area contributed by atoms with Gasteiger partial charge in [0.2, 0.25) is 0 Å². The molecule has 0 bridgehead atoms. The van der Waals surface area contributed by atoms with E-state index in [1.807, 2.05) is 36.4 Å². The number of hydrogen-bond donors (Lipinski definition) is 1. The molecule has 0 heterocycles. The molecule has 1 aromatic carbocycles. The number of carbonyl (C=O) groups is 2. The molecule has 0 aliphatic rings. The number of carbonyl (C=O) groups excluding carboxylic acids is 1. The summed E-state index contributed by atoms with van der Waals surface area (Å²) in [6.07, 6.45) is 9.92. The second-order valence-corrected chi connectivity index (χ2v) is 5.84. The summed E-state index contributed by atoms with van der Waals surface area (Å²) >= 11 is 0. The summed E-state index contributed by atoms with van der Waals surface area (Å²) in [6, 6.07) is 10.0. The number of carboxylic acids is 1. The van der Waals surface area contributed by atoms with Crippen LogP contribution in [0.1, 0.15) is 57.9 Å². The van der Waals surface area contributed by atoms with Crippen molar-refractivity contribution in [1.82, 2.24) is 0 Å². The van der Waals surface area contributed by atoms with Crippen molar-refractivity contribution in [3.8, 4) is 0 Å². The summed E-state index contributed by atoms with van der Waals surface area (Å²) in [7, 11) is 0. The van der Waals surface area contributed by atoms with Crippen molar-refractivity contribution in [3.05, 3.63) is 67.3 Å². The van der Waals surface area contributed by atoms with Crippen LogP contribution in [0.2, 0.25) is 0 Å². The fraction of sp³-hybridized carbons (Fsp3) is 0.391. The van der Waals surface area contributed by atoms with Gasteiger partial charge in [-0.15, -0.1) is 0 Å². The van der Waals surface area contributed by atoms with E-state index in [1.54, 1.807) is 6.92 Å². The van der Waals surface area contributed by atoms with Gasteiger partial charge in [-0.25, -0.2) is 9.59 Å². The van der Waals surface area contributed by atoms with Crippen LogP contribution in [0.15, 0.2) is 61.7 Å². The molecule has 27 heavy (non-hydrogen) atoms. The molecule has 0 saturated heterocycles. The Morgan fingerprint density at radius 3 is 1.96 bits per heavy atom. The third-order valence-corrected chi connectivity index (χ3v) is 3.29. The van der Waals surface area contributed by atoms with Crippen LogP contribution in [0.5, 0.6) is 0 Å². The maximum atomic E-state index is 11.0. The van der Waals surface area contributed by atoms with Gasteiger partial charge in [0.25, 0.3) is 0 Å². The smallest absolute Gasteiger partial charge is 0.333 e. The Bertz CT molecular complexity index is 547. The first-order valence-electron chi connectivity index (χ1n) is 9.24. The Hall–Kier alpha value is -2.62. The fourth-order valence-electron chi connectivity index (χ4n) is 1.76. The van der Waals surface area contributed by atoms with Crippen molar-refractivity contribution in [2.45, 2.75) is 52.4 Å². The van der Waals surface area contributed by atoms with Gasteiger partial charge in [0.05, 0.1) is 6.61 Å². The molecule has 0 radical (unpaired) electrons. The third kappa shape index (κ3) is 21.3. The molecular weight excluding hydrogens is 340 g/mol. The van der Waals surface area contributed by atoms with Gasteiger partial charge in [0.15, 0.2) is 0 Å². The second-order valence-electron chi connectivity index (χ2n) is 5.84. The molecule has 0 aromatic heterocycles. The molecule has 4 heteroatoms. The van der Waals surface area contributed by atoms with Crippen LogP contribution >= 0.6 is 0 Å². The highest BCUT2D eigenvalue weighted by molar-refractivity contribution is 5.86. The van der Waals surface area contributed by atoms with Crippen LogP contribution in [-0.4, -0.2) is 23.7 Å². The molecule has 0 fully saturated rings. The summed E-state index contributed by atoms with van der Waals surface area (Å²) in [5.41, 5.74) is 1.66. The Morgan fingerprint density at radius 2 is 1.56 bits per heavy atom. The standard InChI is InChI=1S/C12H22O2.C8H8.C3H4O2/c1-4-5-6-7-8-9-10-14-12(13)11(2)3;1-2-8-6-4-3-5-7-8;1-2-3(4)5/h2,4-10H2,1,3H3;2-7H,1H2;2H,1H2,(H,4,5). The molecule has 1 rings (SSSR count). The molecule has 0 amide bonds. The summed E-state index contributed by atoms with van der Waals surface area (Å²) in [5.74, 6) is -1.25. The van der Waals surface area contributed by atoms with E-state index in [1.165, 1.54) is 31.2 Å². The third-order valence-electron chi connectivity index (χ3n) is 3.29. The van der Waals surface area contributed by atoms with Crippen LogP contribution in [0.4, 0.5) is 0 Å². The average molecular weight is 375 g/mol. The molecule has 150 valence electrons. The van der Waals surface area contributed by atoms with E-state index < -0.39 is 5.97 Å². The summed E-state index contributed by atoms with van der Waals surface area (Å²) in [6.45, 7) is 14.5.